The lowest BCUT2D eigenvalue weighted by molar-refractivity contribution is -0.472. The summed E-state index contributed by atoms with van der Waals surface area (Å²) < 4.78 is 0. The standard InChI is InChI=1S/C18H29NO2/c1-6-12-7-13(18(12,4)5)10-19-11-14-15(20)8-17(2,3)9-16(14)21/h11-13,20H,6-10H2,1-5H3/p+1/t12-,13-/m1/s1. The monoisotopic (exact) mass is 292 g/mol. The molecule has 0 bridgehead atoms. The van der Waals surface area contributed by atoms with Crippen LogP contribution in [0.15, 0.2) is 11.3 Å². The zero-order valence-corrected chi connectivity index (χ0v) is 14.1. The van der Waals surface area contributed by atoms with Crippen molar-refractivity contribution in [2.24, 2.45) is 22.7 Å². The van der Waals surface area contributed by atoms with Crippen LogP contribution in [-0.2, 0) is 4.79 Å². The summed E-state index contributed by atoms with van der Waals surface area (Å²) in [6.45, 7) is 11.9. The number of carbonyl (C=O) groups excluding carboxylic acids is 1. The van der Waals surface area contributed by atoms with Crippen molar-refractivity contribution in [3.8, 4) is 0 Å². The predicted molar refractivity (Wildman–Crippen MR) is 85.2 cm³/mol. The number of rotatable bonds is 4. The fourth-order valence-electron chi connectivity index (χ4n) is 3.93. The molecular weight excluding hydrogens is 262 g/mol. The second kappa shape index (κ2) is 5.58. The topological polar surface area (TPSA) is 51.3 Å². The van der Waals surface area contributed by atoms with Crippen LogP contribution in [0.5, 0.6) is 0 Å². The predicted octanol–water partition coefficient (Wildman–Crippen LogP) is 2.41. The Morgan fingerprint density at radius 2 is 1.90 bits per heavy atom. The van der Waals surface area contributed by atoms with Crippen LogP contribution in [0.3, 0.4) is 0 Å². The Morgan fingerprint density at radius 1 is 1.24 bits per heavy atom. The Labute approximate surface area is 128 Å². The average Bonchev–Trinajstić information content (AvgIpc) is 2.33. The van der Waals surface area contributed by atoms with E-state index in [1.807, 2.05) is 13.8 Å². The zero-order chi connectivity index (χ0) is 15.8. The van der Waals surface area contributed by atoms with E-state index < -0.39 is 0 Å². The highest BCUT2D eigenvalue weighted by atomic mass is 16.3. The van der Waals surface area contributed by atoms with Crippen LogP contribution < -0.4 is 4.99 Å². The molecule has 0 aromatic carbocycles. The van der Waals surface area contributed by atoms with Crippen LogP contribution in [0.2, 0.25) is 0 Å². The zero-order valence-electron chi connectivity index (χ0n) is 14.1. The number of ketones is 1. The molecule has 2 atom stereocenters. The summed E-state index contributed by atoms with van der Waals surface area (Å²) in [7, 11) is 0. The lowest BCUT2D eigenvalue weighted by atomic mass is 9.54. The second-order valence-corrected chi connectivity index (χ2v) is 8.21. The van der Waals surface area contributed by atoms with Gasteiger partial charge in [0.1, 0.15) is 17.9 Å². The Kier molecular flexibility index (Phi) is 4.32. The molecule has 21 heavy (non-hydrogen) atoms. The normalized spacial score (nSPS) is 31.6. The first kappa shape index (κ1) is 16.3. The van der Waals surface area contributed by atoms with E-state index >= 15 is 0 Å². The van der Waals surface area contributed by atoms with Gasteiger partial charge >= 0.3 is 0 Å². The number of nitrogens with one attached hydrogen (secondary N) is 1. The highest BCUT2D eigenvalue weighted by molar-refractivity contribution is 6.13. The summed E-state index contributed by atoms with van der Waals surface area (Å²) in [5.41, 5.74) is 0.742. The lowest BCUT2D eigenvalue weighted by Gasteiger charge is -2.50. The van der Waals surface area contributed by atoms with Gasteiger partial charge in [0.2, 0.25) is 0 Å². The molecule has 2 aliphatic carbocycles. The molecule has 0 radical (unpaired) electrons. The first-order chi connectivity index (χ1) is 9.67. The molecule has 2 rings (SSSR count). The van der Waals surface area contributed by atoms with Gasteiger partial charge in [0.25, 0.3) is 0 Å². The minimum absolute atomic E-state index is 0.0514. The average molecular weight is 292 g/mol. The summed E-state index contributed by atoms with van der Waals surface area (Å²) in [6, 6.07) is 0. The number of hydrogen-bond donors (Lipinski definition) is 2. The largest absolute Gasteiger partial charge is 0.511 e. The van der Waals surface area contributed by atoms with Crippen LogP contribution in [0.25, 0.3) is 0 Å². The maximum atomic E-state index is 12.1. The number of Topliss-reactive ketones (excluding diaryl/α,β-unsaturated/α-hetero) is 1. The molecule has 0 aromatic heterocycles. The van der Waals surface area contributed by atoms with Crippen LogP contribution in [-0.4, -0.2) is 23.6 Å². The van der Waals surface area contributed by atoms with E-state index in [0.717, 1.165) is 12.5 Å². The minimum Gasteiger partial charge on any atom is -0.511 e. The summed E-state index contributed by atoms with van der Waals surface area (Å²) in [4.78, 5) is 15.4. The van der Waals surface area contributed by atoms with Gasteiger partial charge < -0.3 is 5.11 Å². The number of carbonyl (C=O) groups is 1. The fraction of sp³-hybridized carbons (Fsp3) is 0.778. The molecule has 0 unspecified atom stereocenters. The summed E-state index contributed by atoms with van der Waals surface area (Å²) in [6.07, 6.45) is 5.34. The Bertz CT molecular complexity index is 485. The van der Waals surface area contributed by atoms with E-state index in [1.165, 1.54) is 12.8 Å². The first-order valence-corrected chi connectivity index (χ1v) is 8.19. The van der Waals surface area contributed by atoms with E-state index in [4.69, 9.17) is 0 Å². The molecule has 2 N–H and O–H groups in total. The molecule has 0 aliphatic heterocycles. The van der Waals surface area contributed by atoms with Crippen molar-refractivity contribution in [3.05, 3.63) is 11.3 Å². The van der Waals surface area contributed by atoms with Gasteiger partial charge in [-0.3, -0.25) is 4.79 Å². The maximum Gasteiger partial charge on any atom is 0.176 e. The van der Waals surface area contributed by atoms with Crippen molar-refractivity contribution in [3.63, 3.8) is 0 Å². The van der Waals surface area contributed by atoms with E-state index in [9.17, 15) is 9.90 Å². The van der Waals surface area contributed by atoms with Crippen molar-refractivity contribution in [2.45, 2.75) is 60.3 Å². The Hall–Kier alpha value is -1.12. The minimum atomic E-state index is -0.122. The molecule has 118 valence electrons. The van der Waals surface area contributed by atoms with Crippen molar-refractivity contribution in [1.29, 1.82) is 0 Å². The highest BCUT2D eigenvalue weighted by Crippen LogP contribution is 2.51. The Morgan fingerprint density at radius 3 is 2.43 bits per heavy atom. The van der Waals surface area contributed by atoms with Crippen LogP contribution in [0.4, 0.5) is 0 Å². The quantitative estimate of drug-likeness (QED) is 0.782. The first-order valence-electron chi connectivity index (χ1n) is 8.19. The number of hydrogen-bond acceptors (Lipinski definition) is 2. The smallest absolute Gasteiger partial charge is 0.176 e. The second-order valence-electron chi connectivity index (χ2n) is 8.21. The molecule has 3 heteroatoms. The molecule has 0 heterocycles. The Balaban J connectivity index is 1.98. The van der Waals surface area contributed by atoms with Gasteiger partial charge in [0, 0.05) is 18.8 Å². The molecule has 3 nitrogen and oxygen atoms in total. The van der Waals surface area contributed by atoms with Gasteiger partial charge in [-0.25, -0.2) is 4.99 Å². The molecule has 1 saturated carbocycles. The van der Waals surface area contributed by atoms with E-state index in [-0.39, 0.29) is 17.0 Å². The molecule has 1 fully saturated rings. The third kappa shape index (κ3) is 3.22. The third-order valence-corrected chi connectivity index (χ3v) is 5.67. The number of aliphatic hydroxyl groups excluding tert-OH is 1. The highest BCUT2D eigenvalue weighted by Gasteiger charge is 2.47. The van der Waals surface area contributed by atoms with E-state index in [2.05, 4.69) is 25.8 Å². The fourth-order valence-corrected chi connectivity index (χ4v) is 3.93. The molecule has 0 saturated heterocycles. The molecule has 0 spiro atoms. The molecule has 0 aromatic rings. The van der Waals surface area contributed by atoms with Gasteiger partial charge in [-0.05, 0) is 23.2 Å². The summed E-state index contributed by atoms with van der Waals surface area (Å²) in [5.74, 6) is 1.75. The number of aliphatic hydroxyl groups is 1. The van der Waals surface area contributed by atoms with Crippen molar-refractivity contribution in [1.82, 2.24) is 0 Å². The number of allylic oxidation sites excluding steroid dienone is 2. The molecular formula is C18H30NO2+. The van der Waals surface area contributed by atoms with Gasteiger partial charge in [0.15, 0.2) is 12.0 Å². The van der Waals surface area contributed by atoms with E-state index in [0.29, 0.717) is 29.7 Å². The molecule has 2 aliphatic rings. The van der Waals surface area contributed by atoms with Gasteiger partial charge in [-0.15, -0.1) is 0 Å². The van der Waals surface area contributed by atoms with Crippen molar-refractivity contribution < 1.29 is 14.9 Å². The van der Waals surface area contributed by atoms with Crippen LogP contribution in [0.1, 0.15) is 60.3 Å². The lowest BCUT2D eigenvalue weighted by Crippen LogP contribution is -2.74. The SMILES string of the molecule is CC[C@@H]1C[C@H](C[NH+]=CC2=C(O)CC(C)(C)CC2=O)C1(C)C. The van der Waals surface area contributed by atoms with Gasteiger partial charge in [0.05, 0.1) is 0 Å². The maximum absolute atomic E-state index is 12.1. The van der Waals surface area contributed by atoms with Crippen molar-refractivity contribution >= 4 is 12.0 Å². The van der Waals surface area contributed by atoms with Gasteiger partial charge in [-0.2, -0.15) is 0 Å². The summed E-state index contributed by atoms with van der Waals surface area (Å²) in [5, 5.41) is 10.1. The van der Waals surface area contributed by atoms with Crippen LogP contribution >= 0.6 is 0 Å². The van der Waals surface area contributed by atoms with E-state index in [1.54, 1.807) is 6.21 Å². The van der Waals surface area contributed by atoms with Crippen LogP contribution in [0, 0.1) is 22.7 Å². The van der Waals surface area contributed by atoms with Gasteiger partial charge in [-0.1, -0.05) is 41.0 Å². The third-order valence-electron chi connectivity index (χ3n) is 5.67. The van der Waals surface area contributed by atoms with Crippen molar-refractivity contribution in [2.75, 3.05) is 6.54 Å². The molecule has 0 amide bonds. The summed E-state index contributed by atoms with van der Waals surface area (Å²) >= 11 is 0.